The van der Waals surface area contributed by atoms with E-state index in [1.807, 2.05) is 31.2 Å². The van der Waals surface area contributed by atoms with Crippen LogP contribution in [0.2, 0.25) is 0 Å². The molecule has 28 heavy (non-hydrogen) atoms. The van der Waals surface area contributed by atoms with E-state index in [9.17, 15) is 13.2 Å². The summed E-state index contributed by atoms with van der Waals surface area (Å²) in [5.41, 5.74) is 2.96. The maximum Gasteiger partial charge on any atom is 0.244 e. The quantitative estimate of drug-likeness (QED) is 0.756. The lowest BCUT2D eigenvalue weighted by Gasteiger charge is -2.26. The zero-order chi connectivity index (χ0) is 20.0. The van der Waals surface area contributed by atoms with Gasteiger partial charge in [-0.25, -0.2) is 8.42 Å². The van der Waals surface area contributed by atoms with Gasteiger partial charge in [-0.15, -0.1) is 0 Å². The van der Waals surface area contributed by atoms with Crippen molar-refractivity contribution in [3.63, 3.8) is 0 Å². The molecule has 0 spiro atoms. The third-order valence-corrected chi connectivity index (χ3v) is 6.42. The second-order valence-corrected chi connectivity index (χ2v) is 8.56. The van der Waals surface area contributed by atoms with Crippen LogP contribution in [-0.4, -0.2) is 44.9 Å². The van der Waals surface area contributed by atoms with E-state index in [1.54, 1.807) is 30.3 Å². The van der Waals surface area contributed by atoms with Gasteiger partial charge in [0.25, 0.3) is 0 Å². The normalized spacial score (nSPS) is 15.6. The fourth-order valence-electron chi connectivity index (χ4n) is 2.81. The first-order valence-corrected chi connectivity index (χ1v) is 10.6. The molecule has 2 aromatic carbocycles. The second kappa shape index (κ2) is 9.14. The first kappa shape index (κ1) is 20.3. The molecular formula is C21H24N2O4S. The number of nitrogens with zero attached hydrogens (tertiary/aromatic N) is 1. The summed E-state index contributed by atoms with van der Waals surface area (Å²) in [7, 11) is -3.50. The summed E-state index contributed by atoms with van der Waals surface area (Å²) >= 11 is 0. The molecule has 0 saturated carbocycles. The highest BCUT2D eigenvalue weighted by molar-refractivity contribution is 7.89. The van der Waals surface area contributed by atoms with Crippen LogP contribution < -0.4 is 5.32 Å². The highest BCUT2D eigenvalue weighted by Gasteiger charge is 2.25. The Morgan fingerprint density at radius 2 is 1.71 bits per heavy atom. The Morgan fingerprint density at radius 1 is 1.07 bits per heavy atom. The van der Waals surface area contributed by atoms with Crippen LogP contribution >= 0.6 is 0 Å². The Morgan fingerprint density at radius 3 is 2.36 bits per heavy atom. The number of aryl methyl sites for hydroxylation is 1. The van der Waals surface area contributed by atoms with Crippen molar-refractivity contribution in [2.24, 2.45) is 0 Å². The van der Waals surface area contributed by atoms with Crippen LogP contribution in [0.25, 0.3) is 6.08 Å². The third-order valence-electron chi connectivity index (χ3n) is 4.50. The first-order chi connectivity index (χ1) is 13.4. The molecule has 3 rings (SSSR count). The molecule has 7 heteroatoms. The van der Waals surface area contributed by atoms with Crippen molar-refractivity contribution in [2.75, 3.05) is 26.3 Å². The molecule has 0 radical (unpaired) electrons. The van der Waals surface area contributed by atoms with Crippen LogP contribution in [-0.2, 0) is 26.1 Å². The SMILES string of the molecule is Cc1ccc(CNC(=O)/C=C/c2ccc(S(=O)(=O)N3CCOCC3)cc2)cc1. The van der Waals surface area contributed by atoms with Crippen molar-refractivity contribution < 1.29 is 17.9 Å². The number of hydrogen-bond acceptors (Lipinski definition) is 4. The third kappa shape index (κ3) is 5.28. The Labute approximate surface area is 165 Å². The molecule has 1 saturated heterocycles. The summed E-state index contributed by atoms with van der Waals surface area (Å²) in [6, 6.07) is 14.5. The molecule has 1 N–H and O–H groups in total. The highest BCUT2D eigenvalue weighted by Crippen LogP contribution is 2.18. The number of hydrogen-bond donors (Lipinski definition) is 1. The average molecular weight is 401 g/mol. The summed E-state index contributed by atoms with van der Waals surface area (Å²) in [5, 5.41) is 2.83. The number of amides is 1. The van der Waals surface area contributed by atoms with E-state index in [2.05, 4.69) is 5.32 Å². The smallest absolute Gasteiger partial charge is 0.244 e. The van der Waals surface area contributed by atoms with Crippen molar-refractivity contribution in [3.05, 3.63) is 71.3 Å². The molecule has 148 valence electrons. The number of ether oxygens (including phenoxy) is 1. The fourth-order valence-corrected chi connectivity index (χ4v) is 4.22. The van der Waals surface area contributed by atoms with Gasteiger partial charge in [0.05, 0.1) is 18.1 Å². The van der Waals surface area contributed by atoms with Gasteiger partial charge in [-0.2, -0.15) is 4.31 Å². The predicted molar refractivity (Wildman–Crippen MR) is 108 cm³/mol. The molecule has 0 atom stereocenters. The largest absolute Gasteiger partial charge is 0.379 e. The van der Waals surface area contributed by atoms with Gasteiger partial charge in [-0.3, -0.25) is 4.79 Å². The number of carbonyl (C=O) groups is 1. The minimum absolute atomic E-state index is 0.203. The summed E-state index contributed by atoms with van der Waals surface area (Å²) in [4.78, 5) is 12.2. The Balaban J connectivity index is 1.57. The maximum absolute atomic E-state index is 12.6. The van der Waals surface area contributed by atoms with Gasteiger partial charge in [-0.1, -0.05) is 42.0 Å². The van der Waals surface area contributed by atoms with Crippen LogP contribution in [0, 0.1) is 6.92 Å². The predicted octanol–water partition coefficient (Wildman–Crippen LogP) is 2.35. The molecule has 1 aliphatic rings. The monoisotopic (exact) mass is 400 g/mol. The van der Waals surface area contributed by atoms with Crippen molar-refractivity contribution in [1.29, 1.82) is 0 Å². The lowest BCUT2D eigenvalue weighted by molar-refractivity contribution is -0.116. The number of benzene rings is 2. The fraction of sp³-hybridized carbons (Fsp3) is 0.286. The summed E-state index contributed by atoms with van der Waals surface area (Å²) in [6.07, 6.45) is 3.11. The van der Waals surface area contributed by atoms with Gasteiger partial charge in [0, 0.05) is 25.7 Å². The van der Waals surface area contributed by atoms with E-state index in [4.69, 9.17) is 4.74 Å². The number of morpholine rings is 1. The van der Waals surface area contributed by atoms with Gasteiger partial charge in [0.15, 0.2) is 0 Å². The molecule has 1 heterocycles. The van der Waals surface area contributed by atoms with E-state index in [-0.39, 0.29) is 10.8 Å². The minimum atomic E-state index is -3.50. The van der Waals surface area contributed by atoms with Crippen LogP contribution in [0.5, 0.6) is 0 Å². The van der Waals surface area contributed by atoms with E-state index in [0.717, 1.165) is 11.1 Å². The molecule has 1 fully saturated rings. The average Bonchev–Trinajstić information content (AvgIpc) is 2.73. The lowest BCUT2D eigenvalue weighted by atomic mass is 10.1. The molecular weight excluding hydrogens is 376 g/mol. The second-order valence-electron chi connectivity index (χ2n) is 6.62. The maximum atomic E-state index is 12.6. The van der Waals surface area contributed by atoms with Crippen molar-refractivity contribution in [1.82, 2.24) is 9.62 Å². The molecule has 0 aliphatic carbocycles. The first-order valence-electron chi connectivity index (χ1n) is 9.14. The molecule has 1 amide bonds. The summed E-state index contributed by atoms with van der Waals surface area (Å²) < 4.78 is 31.8. The Kier molecular flexibility index (Phi) is 6.61. The molecule has 0 unspecified atom stereocenters. The van der Waals surface area contributed by atoms with Gasteiger partial charge >= 0.3 is 0 Å². The van der Waals surface area contributed by atoms with Gasteiger partial charge in [0.2, 0.25) is 15.9 Å². The molecule has 2 aromatic rings. The summed E-state index contributed by atoms with van der Waals surface area (Å²) in [5.74, 6) is -0.203. The highest BCUT2D eigenvalue weighted by atomic mass is 32.2. The van der Waals surface area contributed by atoms with Crippen molar-refractivity contribution in [3.8, 4) is 0 Å². The van der Waals surface area contributed by atoms with E-state index in [1.165, 1.54) is 15.9 Å². The van der Waals surface area contributed by atoms with Gasteiger partial charge in [0.1, 0.15) is 0 Å². The van der Waals surface area contributed by atoms with E-state index < -0.39 is 10.0 Å². The number of sulfonamides is 1. The van der Waals surface area contributed by atoms with Crippen molar-refractivity contribution in [2.45, 2.75) is 18.4 Å². The zero-order valence-electron chi connectivity index (χ0n) is 15.8. The van der Waals surface area contributed by atoms with Crippen LogP contribution in [0.1, 0.15) is 16.7 Å². The van der Waals surface area contributed by atoms with Crippen molar-refractivity contribution >= 4 is 22.0 Å². The number of nitrogens with one attached hydrogen (secondary N) is 1. The zero-order valence-corrected chi connectivity index (χ0v) is 16.6. The van der Waals surface area contributed by atoms with Gasteiger partial charge < -0.3 is 10.1 Å². The van der Waals surface area contributed by atoms with Crippen LogP contribution in [0.4, 0.5) is 0 Å². The summed E-state index contributed by atoms with van der Waals surface area (Å²) in [6.45, 7) is 4.04. The molecule has 0 aromatic heterocycles. The molecule has 1 aliphatic heterocycles. The molecule has 6 nitrogen and oxygen atoms in total. The van der Waals surface area contributed by atoms with Crippen LogP contribution in [0.3, 0.4) is 0 Å². The number of carbonyl (C=O) groups excluding carboxylic acids is 1. The minimum Gasteiger partial charge on any atom is -0.379 e. The lowest BCUT2D eigenvalue weighted by Crippen LogP contribution is -2.40. The van der Waals surface area contributed by atoms with Crippen LogP contribution in [0.15, 0.2) is 59.5 Å². The van der Waals surface area contributed by atoms with Gasteiger partial charge in [-0.05, 0) is 36.3 Å². The van der Waals surface area contributed by atoms with E-state index >= 15 is 0 Å². The Hall–Kier alpha value is -2.48. The van der Waals surface area contributed by atoms with E-state index in [0.29, 0.717) is 32.8 Å². The standard InChI is InChI=1S/C21H24N2O4S/c1-17-2-4-19(5-3-17)16-22-21(24)11-8-18-6-9-20(10-7-18)28(25,26)23-12-14-27-15-13-23/h2-11H,12-16H2,1H3,(H,22,24)/b11-8+. The Bertz CT molecular complexity index is 929. The topological polar surface area (TPSA) is 75.7 Å². The molecule has 0 bridgehead atoms. The number of rotatable bonds is 6.